The quantitative estimate of drug-likeness (QED) is 0.152. The molecule has 43 heavy (non-hydrogen) atoms. The lowest BCUT2D eigenvalue weighted by molar-refractivity contribution is -0.157. The van der Waals surface area contributed by atoms with Crippen LogP contribution in [0.4, 0.5) is 0 Å². The van der Waals surface area contributed by atoms with Crippen LogP contribution in [0.15, 0.2) is 34.9 Å². The second-order valence-electron chi connectivity index (χ2n) is 10.9. The molecule has 3 aliphatic rings. The minimum atomic E-state index is -1.54. The number of aryl methyl sites for hydroxylation is 2. The van der Waals surface area contributed by atoms with Gasteiger partial charge in [0.1, 0.15) is 13.2 Å². The number of hydrazine groups is 1. The number of aliphatic hydroxyl groups excluding tert-OH is 2. The predicted molar refractivity (Wildman–Crippen MR) is 160 cm³/mol. The zero-order valence-electron chi connectivity index (χ0n) is 24.9. The van der Waals surface area contributed by atoms with E-state index in [-0.39, 0.29) is 48.3 Å². The van der Waals surface area contributed by atoms with Gasteiger partial charge in [-0.2, -0.15) is 0 Å². The van der Waals surface area contributed by atoms with Gasteiger partial charge in [-0.1, -0.05) is 13.8 Å². The standard InChI is InChI=1S/C29H32N6O6.C2H6/c1-14-6-16-18(9-33(31)11-21(30)23-4-3-5-34(23)25(37)12-36)19-10-35-24(26(19)32-22(16)7-15(14)2)8-17-20(28(35)39)13-41-29(40)27(17)38;1-2/h6-8,11,23,27,36,38H,3-5,9-10,12-13,30-31H2,1-2H3;1-2H3/b21-11-;. The van der Waals surface area contributed by atoms with Crippen molar-refractivity contribution in [2.75, 3.05) is 13.2 Å². The summed E-state index contributed by atoms with van der Waals surface area (Å²) in [5, 5.41) is 22.2. The molecule has 6 rings (SSSR count). The molecule has 2 unspecified atom stereocenters. The van der Waals surface area contributed by atoms with E-state index >= 15 is 0 Å². The topological polar surface area (TPSA) is 177 Å². The lowest BCUT2D eigenvalue weighted by atomic mass is 9.96. The van der Waals surface area contributed by atoms with E-state index in [2.05, 4.69) is 6.07 Å². The molecule has 1 saturated heterocycles. The Morgan fingerprint density at radius 3 is 2.63 bits per heavy atom. The molecule has 0 saturated carbocycles. The maximum Gasteiger partial charge on any atom is 0.340 e. The van der Waals surface area contributed by atoms with Crippen LogP contribution < -0.4 is 17.1 Å². The first kappa shape index (κ1) is 30.2. The third-order valence-corrected chi connectivity index (χ3v) is 8.44. The number of cyclic esters (lactones) is 1. The first-order chi connectivity index (χ1) is 20.6. The highest BCUT2D eigenvalue weighted by Gasteiger charge is 2.35. The smallest absolute Gasteiger partial charge is 0.340 e. The summed E-state index contributed by atoms with van der Waals surface area (Å²) in [6, 6.07) is 5.35. The number of benzene rings is 1. The van der Waals surface area contributed by atoms with Crippen LogP contribution in [0.3, 0.4) is 0 Å². The van der Waals surface area contributed by atoms with E-state index in [1.165, 1.54) is 5.01 Å². The number of nitrogens with zero attached hydrogens (tertiary/aromatic N) is 4. The number of fused-ring (bicyclic) bond motifs is 5. The second-order valence-corrected chi connectivity index (χ2v) is 10.9. The maximum absolute atomic E-state index is 13.5. The summed E-state index contributed by atoms with van der Waals surface area (Å²) in [7, 11) is 0. The number of hydrogen-bond donors (Lipinski definition) is 4. The van der Waals surface area contributed by atoms with Gasteiger partial charge in [0.25, 0.3) is 5.56 Å². The SMILES string of the molecule is CC.Cc1cc2nc3c(c(CN(N)/C=C(\N)C4CCCN4C(=O)CO)c2cc1C)Cn1c-3cc2c(c1=O)COC(=O)C2O. The molecule has 0 radical (unpaired) electrons. The van der Waals surface area contributed by atoms with Gasteiger partial charge in [0.15, 0.2) is 6.10 Å². The van der Waals surface area contributed by atoms with Crippen molar-refractivity contribution in [1.29, 1.82) is 0 Å². The fourth-order valence-electron chi connectivity index (χ4n) is 6.16. The highest BCUT2D eigenvalue weighted by Crippen LogP contribution is 2.39. The van der Waals surface area contributed by atoms with E-state index in [1.54, 1.807) is 21.7 Å². The molecular weight excluding hydrogens is 552 g/mol. The van der Waals surface area contributed by atoms with Crippen molar-refractivity contribution in [2.24, 2.45) is 11.6 Å². The molecule has 6 N–H and O–H groups in total. The Labute approximate surface area is 249 Å². The van der Waals surface area contributed by atoms with E-state index in [1.807, 2.05) is 33.8 Å². The van der Waals surface area contributed by atoms with Crippen LogP contribution in [0, 0.1) is 13.8 Å². The van der Waals surface area contributed by atoms with E-state index in [0.29, 0.717) is 30.1 Å². The van der Waals surface area contributed by atoms with E-state index in [9.17, 15) is 24.6 Å². The monoisotopic (exact) mass is 590 g/mol. The number of nitrogens with two attached hydrogens (primary N) is 2. The summed E-state index contributed by atoms with van der Waals surface area (Å²) >= 11 is 0. The Morgan fingerprint density at radius 2 is 1.91 bits per heavy atom. The van der Waals surface area contributed by atoms with Gasteiger partial charge in [0.05, 0.1) is 41.6 Å². The van der Waals surface area contributed by atoms with Crippen molar-refractivity contribution < 1.29 is 24.5 Å². The molecule has 1 aromatic carbocycles. The minimum Gasteiger partial charge on any atom is -0.458 e. The van der Waals surface area contributed by atoms with Gasteiger partial charge in [0, 0.05) is 35.0 Å². The fraction of sp³-hybridized carbons (Fsp3) is 0.419. The van der Waals surface area contributed by atoms with Crippen molar-refractivity contribution >= 4 is 22.8 Å². The summed E-state index contributed by atoms with van der Waals surface area (Å²) in [4.78, 5) is 44.2. The molecule has 12 heteroatoms. The molecule has 5 heterocycles. The molecule has 1 fully saturated rings. The van der Waals surface area contributed by atoms with Gasteiger partial charge in [0.2, 0.25) is 5.91 Å². The molecule has 12 nitrogen and oxygen atoms in total. The number of ether oxygens (including phenoxy) is 1. The van der Waals surface area contributed by atoms with Gasteiger partial charge in [-0.25, -0.2) is 15.6 Å². The Balaban J connectivity index is 0.00000180. The van der Waals surface area contributed by atoms with Crippen molar-refractivity contribution in [3.05, 3.63) is 73.8 Å². The Hall–Kier alpha value is -4.26. The number of aromatic nitrogens is 2. The largest absolute Gasteiger partial charge is 0.458 e. The number of amides is 1. The Kier molecular flexibility index (Phi) is 8.28. The zero-order chi connectivity index (χ0) is 31.2. The summed E-state index contributed by atoms with van der Waals surface area (Å²) in [6.45, 7) is 8.23. The first-order valence-electron chi connectivity index (χ1n) is 14.5. The number of carbonyl (C=O) groups is 2. The van der Waals surface area contributed by atoms with Gasteiger partial charge in [-0.05, 0) is 61.6 Å². The number of carbonyl (C=O) groups excluding carboxylic acids is 2. The lowest BCUT2D eigenvalue weighted by Gasteiger charge is -2.26. The average molecular weight is 591 g/mol. The number of hydrogen-bond acceptors (Lipinski definition) is 10. The summed E-state index contributed by atoms with van der Waals surface area (Å²) in [6.07, 6.45) is 1.53. The van der Waals surface area contributed by atoms with E-state index in [0.717, 1.165) is 39.6 Å². The third kappa shape index (κ3) is 5.15. The highest BCUT2D eigenvalue weighted by molar-refractivity contribution is 5.89. The zero-order valence-corrected chi connectivity index (χ0v) is 24.9. The van der Waals surface area contributed by atoms with Crippen molar-refractivity contribution in [1.82, 2.24) is 19.5 Å². The molecule has 1 amide bonds. The molecule has 0 aliphatic carbocycles. The molecule has 2 aromatic heterocycles. The molecule has 3 aromatic rings. The van der Waals surface area contributed by atoms with Gasteiger partial charge >= 0.3 is 5.97 Å². The third-order valence-electron chi connectivity index (χ3n) is 8.44. The van der Waals surface area contributed by atoms with Gasteiger partial charge in [-0.15, -0.1) is 0 Å². The van der Waals surface area contributed by atoms with Gasteiger partial charge in [-0.3, -0.25) is 9.59 Å². The van der Waals surface area contributed by atoms with Crippen LogP contribution in [0.5, 0.6) is 0 Å². The van der Waals surface area contributed by atoms with Crippen molar-refractivity contribution in [3.8, 4) is 11.4 Å². The molecule has 228 valence electrons. The molecule has 2 atom stereocenters. The van der Waals surface area contributed by atoms with E-state index in [4.69, 9.17) is 21.3 Å². The molecule has 3 aliphatic heterocycles. The van der Waals surface area contributed by atoms with Crippen LogP contribution in [-0.4, -0.2) is 60.7 Å². The maximum atomic E-state index is 13.5. The molecular formula is C31H38N6O6. The summed E-state index contributed by atoms with van der Waals surface area (Å²) in [5.74, 6) is 5.33. The Bertz CT molecular complexity index is 1710. The van der Waals surface area contributed by atoms with Crippen LogP contribution >= 0.6 is 0 Å². The first-order valence-corrected chi connectivity index (χ1v) is 14.5. The predicted octanol–water partition coefficient (Wildman–Crippen LogP) is 1.62. The van der Waals surface area contributed by atoms with Crippen molar-refractivity contribution in [2.45, 2.75) is 72.4 Å². The number of aliphatic hydroxyl groups is 2. The minimum absolute atomic E-state index is 0.195. The number of rotatable bonds is 5. The normalized spacial score (nSPS) is 18.9. The van der Waals surface area contributed by atoms with Crippen LogP contribution in [0.25, 0.3) is 22.3 Å². The lowest BCUT2D eigenvalue weighted by Crippen LogP contribution is -2.41. The highest BCUT2D eigenvalue weighted by atomic mass is 16.5. The van der Waals surface area contributed by atoms with Crippen molar-refractivity contribution in [3.63, 3.8) is 0 Å². The van der Waals surface area contributed by atoms with Crippen LogP contribution in [-0.2, 0) is 34.0 Å². The second kappa shape index (κ2) is 11.8. The number of likely N-dealkylation sites (tertiary alicyclic amines) is 1. The van der Waals surface area contributed by atoms with Crippen LogP contribution in [0.1, 0.15) is 66.2 Å². The Morgan fingerprint density at radius 1 is 1.19 bits per heavy atom. The molecule has 0 bridgehead atoms. The number of esters is 1. The van der Waals surface area contributed by atoms with Crippen LogP contribution in [0.2, 0.25) is 0 Å². The summed E-state index contributed by atoms with van der Waals surface area (Å²) in [5.41, 5.74) is 12.6. The fourth-order valence-corrected chi connectivity index (χ4v) is 6.16. The average Bonchev–Trinajstić information content (AvgIpc) is 3.63. The number of pyridine rings is 2. The van der Waals surface area contributed by atoms with Gasteiger partial charge < -0.3 is 35.2 Å². The van der Waals surface area contributed by atoms with E-state index < -0.39 is 18.7 Å². The summed E-state index contributed by atoms with van der Waals surface area (Å²) < 4.78 is 6.60. The molecule has 0 spiro atoms.